The van der Waals surface area contributed by atoms with E-state index in [4.69, 9.17) is 10.5 Å². The Morgan fingerprint density at radius 1 is 1.00 bits per heavy atom. The van der Waals surface area contributed by atoms with Crippen molar-refractivity contribution >= 4 is 0 Å². The topological polar surface area (TPSA) is 35.2 Å². The highest BCUT2D eigenvalue weighted by Crippen LogP contribution is 2.16. The molecule has 0 aliphatic rings. The van der Waals surface area contributed by atoms with E-state index < -0.39 is 0 Å². The monoisotopic (exact) mass is 255 g/mol. The van der Waals surface area contributed by atoms with Crippen molar-refractivity contribution in [1.82, 2.24) is 0 Å². The molecule has 2 aromatic carbocycles. The van der Waals surface area contributed by atoms with Gasteiger partial charge in [-0.15, -0.1) is 0 Å². The SMILES string of the molecule is CCc1ccc(C(N)COc2ccc(C)cc2)cc1. The van der Waals surface area contributed by atoms with E-state index in [0.717, 1.165) is 17.7 Å². The third-order valence-electron chi connectivity index (χ3n) is 3.27. The standard InChI is InChI=1S/C17H21NO/c1-3-14-6-8-15(9-7-14)17(18)12-19-16-10-4-13(2)5-11-16/h4-11,17H,3,12,18H2,1-2H3. The minimum absolute atomic E-state index is 0.0905. The van der Waals surface area contributed by atoms with E-state index in [-0.39, 0.29) is 6.04 Å². The summed E-state index contributed by atoms with van der Waals surface area (Å²) >= 11 is 0. The third-order valence-corrected chi connectivity index (χ3v) is 3.27. The van der Waals surface area contributed by atoms with Gasteiger partial charge in [-0.2, -0.15) is 0 Å². The quantitative estimate of drug-likeness (QED) is 0.885. The van der Waals surface area contributed by atoms with Crippen LogP contribution in [0.4, 0.5) is 0 Å². The Morgan fingerprint density at radius 2 is 1.63 bits per heavy atom. The maximum atomic E-state index is 6.14. The molecule has 1 atom stereocenters. The van der Waals surface area contributed by atoms with Gasteiger partial charge < -0.3 is 10.5 Å². The third kappa shape index (κ3) is 3.83. The number of hydrogen-bond acceptors (Lipinski definition) is 2. The molecule has 2 rings (SSSR count). The highest BCUT2D eigenvalue weighted by molar-refractivity contribution is 5.27. The van der Waals surface area contributed by atoms with Crippen LogP contribution < -0.4 is 10.5 Å². The van der Waals surface area contributed by atoms with Gasteiger partial charge in [0.05, 0.1) is 6.04 Å². The normalized spacial score (nSPS) is 12.2. The van der Waals surface area contributed by atoms with Gasteiger partial charge in [0.2, 0.25) is 0 Å². The van der Waals surface area contributed by atoms with Crippen molar-refractivity contribution in [2.45, 2.75) is 26.3 Å². The van der Waals surface area contributed by atoms with Crippen LogP contribution in [-0.4, -0.2) is 6.61 Å². The Hall–Kier alpha value is -1.80. The summed E-state index contributed by atoms with van der Waals surface area (Å²) in [7, 11) is 0. The summed E-state index contributed by atoms with van der Waals surface area (Å²) in [4.78, 5) is 0. The molecule has 0 amide bonds. The van der Waals surface area contributed by atoms with Crippen LogP contribution in [0.1, 0.15) is 29.7 Å². The molecule has 2 N–H and O–H groups in total. The molecular weight excluding hydrogens is 234 g/mol. The van der Waals surface area contributed by atoms with Crippen molar-refractivity contribution in [2.75, 3.05) is 6.61 Å². The molecule has 0 radical (unpaired) electrons. The summed E-state index contributed by atoms with van der Waals surface area (Å²) < 4.78 is 5.71. The second kappa shape index (κ2) is 6.39. The number of ether oxygens (including phenoxy) is 1. The van der Waals surface area contributed by atoms with Gasteiger partial charge in [-0.25, -0.2) is 0 Å². The summed E-state index contributed by atoms with van der Waals surface area (Å²) in [6.07, 6.45) is 1.05. The number of aryl methyl sites for hydroxylation is 2. The van der Waals surface area contributed by atoms with E-state index in [2.05, 4.69) is 38.1 Å². The minimum Gasteiger partial charge on any atom is -0.492 e. The first-order valence-electron chi connectivity index (χ1n) is 6.73. The van der Waals surface area contributed by atoms with Gasteiger partial charge >= 0.3 is 0 Å². The second-order valence-corrected chi connectivity index (χ2v) is 4.83. The average molecular weight is 255 g/mol. The predicted octanol–water partition coefficient (Wildman–Crippen LogP) is 3.64. The van der Waals surface area contributed by atoms with E-state index in [1.165, 1.54) is 11.1 Å². The van der Waals surface area contributed by atoms with Crippen molar-refractivity contribution in [3.63, 3.8) is 0 Å². The first-order chi connectivity index (χ1) is 9.19. The highest BCUT2D eigenvalue weighted by Gasteiger charge is 2.06. The van der Waals surface area contributed by atoms with Gasteiger partial charge in [0, 0.05) is 0 Å². The average Bonchev–Trinajstić information content (AvgIpc) is 2.46. The summed E-state index contributed by atoms with van der Waals surface area (Å²) in [6, 6.07) is 16.4. The van der Waals surface area contributed by atoms with E-state index in [9.17, 15) is 0 Å². The number of hydrogen-bond donors (Lipinski definition) is 1. The van der Waals surface area contributed by atoms with Crippen LogP contribution in [0.2, 0.25) is 0 Å². The zero-order chi connectivity index (χ0) is 13.7. The molecule has 0 saturated carbocycles. The maximum absolute atomic E-state index is 6.14. The largest absolute Gasteiger partial charge is 0.492 e. The molecular formula is C17H21NO. The van der Waals surface area contributed by atoms with Crippen LogP contribution in [0.3, 0.4) is 0 Å². The summed E-state index contributed by atoms with van der Waals surface area (Å²) in [5, 5.41) is 0. The lowest BCUT2D eigenvalue weighted by atomic mass is 10.1. The fourth-order valence-electron chi connectivity index (χ4n) is 1.92. The first kappa shape index (κ1) is 13.6. The van der Waals surface area contributed by atoms with Crippen LogP contribution in [0.25, 0.3) is 0 Å². The Morgan fingerprint density at radius 3 is 2.21 bits per heavy atom. The van der Waals surface area contributed by atoms with Crippen LogP contribution in [-0.2, 0) is 6.42 Å². The van der Waals surface area contributed by atoms with Crippen LogP contribution >= 0.6 is 0 Å². The zero-order valence-electron chi connectivity index (χ0n) is 11.6. The predicted molar refractivity (Wildman–Crippen MR) is 79.4 cm³/mol. The van der Waals surface area contributed by atoms with Gasteiger partial charge in [-0.3, -0.25) is 0 Å². The maximum Gasteiger partial charge on any atom is 0.119 e. The second-order valence-electron chi connectivity index (χ2n) is 4.83. The minimum atomic E-state index is -0.0905. The molecule has 0 aliphatic heterocycles. The van der Waals surface area contributed by atoms with E-state index in [1.54, 1.807) is 0 Å². The molecule has 0 bridgehead atoms. The van der Waals surface area contributed by atoms with Crippen molar-refractivity contribution < 1.29 is 4.74 Å². The molecule has 19 heavy (non-hydrogen) atoms. The molecule has 0 aliphatic carbocycles. The molecule has 2 heteroatoms. The fraction of sp³-hybridized carbons (Fsp3) is 0.294. The molecule has 0 aromatic heterocycles. The van der Waals surface area contributed by atoms with Gasteiger partial charge in [0.25, 0.3) is 0 Å². The lowest BCUT2D eigenvalue weighted by molar-refractivity contribution is 0.290. The lowest BCUT2D eigenvalue weighted by Crippen LogP contribution is -2.18. The molecule has 2 aromatic rings. The first-order valence-corrected chi connectivity index (χ1v) is 6.73. The lowest BCUT2D eigenvalue weighted by Gasteiger charge is -2.14. The van der Waals surface area contributed by atoms with Gasteiger partial charge in [-0.05, 0) is 36.6 Å². The zero-order valence-corrected chi connectivity index (χ0v) is 11.6. The van der Waals surface area contributed by atoms with Gasteiger partial charge in [0.1, 0.15) is 12.4 Å². The Balaban J connectivity index is 1.93. The fourth-order valence-corrected chi connectivity index (χ4v) is 1.92. The molecule has 0 spiro atoms. The van der Waals surface area contributed by atoms with E-state index >= 15 is 0 Å². The molecule has 0 saturated heterocycles. The van der Waals surface area contributed by atoms with Crippen molar-refractivity contribution in [1.29, 1.82) is 0 Å². The van der Waals surface area contributed by atoms with Crippen molar-refractivity contribution in [3.8, 4) is 5.75 Å². The van der Waals surface area contributed by atoms with Gasteiger partial charge in [-0.1, -0.05) is 48.9 Å². The molecule has 2 nitrogen and oxygen atoms in total. The molecule has 0 heterocycles. The Bertz CT molecular complexity index is 502. The number of rotatable bonds is 5. The highest BCUT2D eigenvalue weighted by atomic mass is 16.5. The van der Waals surface area contributed by atoms with Gasteiger partial charge in [0.15, 0.2) is 0 Å². The van der Waals surface area contributed by atoms with Crippen molar-refractivity contribution in [3.05, 3.63) is 65.2 Å². The molecule has 100 valence electrons. The number of nitrogens with two attached hydrogens (primary N) is 1. The van der Waals surface area contributed by atoms with Crippen LogP contribution in [0, 0.1) is 6.92 Å². The summed E-state index contributed by atoms with van der Waals surface area (Å²) in [5.41, 5.74) is 9.81. The Kier molecular flexibility index (Phi) is 4.58. The Labute approximate surface area is 115 Å². The van der Waals surface area contributed by atoms with E-state index in [0.29, 0.717) is 6.61 Å². The van der Waals surface area contributed by atoms with Crippen LogP contribution in [0.5, 0.6) is 5.75 Å². The molecule has 1 unspecified atom stereocenters. The van der Waals surface area contributed by atoms with E-state index in [1.807, 2.05) is 24.3 Å². The number of benzene rings is 2. The smallest absolute Gasteiger partial charge is 0.119 e. The van der Waals surface area contributed by atoms with Crippen molar-refractivity contribution in [2.24, 2.45) is 5.73 Å². The summed E-state index contributed by atoms with van der Waals surface area (Å²) in [6.45, 7) is 4.70. The molecule has 0 fully saturated rings. The van der Waals surface area contributed by atoms with Crippen LogP contribution in [0.15, 0.2) is 48.5 Å². The summed E-state index contributed by atoms with van der Waals surface area (Å²) in [5.74, 6) is 0.867.